The number of pyridine rings is 1. The molecule has 0 saturated carbocycles. The summed E-state index contributed by atoms with van der Waals surface area (Å²) in [4.78, 5) is 27.3. The van der Waals surface area contributed by atoms with Crippen LogP contribution in [0.1, 0.15) is 12.0 Å². The molecule has 5 nitrogen and oxygen atoms in total. The van der Waals surface area contributed by atoms with E-state index in [1.165, 1.54) is 11.0 Å². The summed E-state index contributed by atoms with van der Waals surface area (Å²) in [5, 5.41) is 8.51. The maximum absolute atomic E-state index is 11.6. The number of aliphatic carboxylic acids is 1. The number of hydrogen-bond acceptors (Lipinski definition) is 3. The Bertz CT molecular complexity index is 474. The maximum Gasteiger partial charge on any atom is 0.305 e. The van der Waals surface area contributed by atoms with Gasteiger partial charge in [0.2, 0.25) is 5.91 Å². The summed E-state index contributed by atoms with van der Waals surface area (Å²) in [5.74, 6) is -1.15. The molecule has 0 aliphatic carbocycles. The Morgan fingerprint density at radius 2 is 2.28 bits per heavy atom. The number of hydrogen-bond donors (Lipinski definition) is 1. The van der Waals surface area contributed by atoms with Crippen molar-refractivity contribution in [1.82, 2.24) is 9.88 Å². The van der Waals surface area contributed by atoms with Gasteiger partial charge < -0.3 is 10.0 Å². The first kappa shape index (κ1) is 14.4. The minimum absolute atomic E-state index is 0.0586. The van der Waals surface area contributed by atoms with E-state index >= 15 is 0 Å². The zero-order valence-electron chi connectivity index (χ0n) is 9.84. The van der Waals surface area contributed by atoms with Gasteiger partial charge in [0, 0.05) is 25.9 Å². The van der Waals surface area contributed by atoms with E-state index in [1.807, 2.05) is 0 Å². The van der Waals surface area contributed by atoms with Crippen LogP contribution in [0.25, 0.3) is 6.08 Å². The van der Waals surface area contributed by atoms with Crippen molar-refractivity contribution in [3.63, 3.8) is 0 Å². The number of rotatable bonds is 5. The molecule has 0 spiro atoms. The van der Waals surface area contributed by atoms with Crippen molar-refractivity contribution in [2.45, 2.75) is 6.42 Å². The van der Waals surface area contributed by atoms with Crippen molar-refractivity contribution in [1.29, 1.82) is 0 Å². The lowest BCUT2D eigenvalue weighted by Gasteiger charge is -2.13. The van der Waals surface area contributed by atoms with Gasteiger partial charge in [-0.1, -0.05) is 0 Å². The minimum Gasteiger partial charge on any atom is -0.481 e. The predicted molar refractivity (Wildman–Crippen MR) is 70.9 cm³/mol. The van der Waals surface area contributed by atoms with Crippen molar-refractivity contribution in [2.24, 2.45) is 0 Å². The summed E-state index contributed by atoms with van der Waals surface area (Å²) in [5.41, 5.74) is 0.844. The molecule has 1 amide bonds. The quantitative estimate of drug-likeness (QED) is 0.664. The third-order valence-electron chi connectivity index (χ3n) is 2.21. The molecule has 96 valence electrons. The highest BCUT2D eigenvalue weighted by Gasteiger charge is 2.06. The van der Waals surface area contributed by atoms with E-state index in [9.17, 15) is 9.59 Å². The van der Waals surface area contributed by atoms with Crippen molar-refractivity contribution in [2.75, 3.05) is 13.6 Å². The molecule has 0 aromatic carbocycles. The van der Waals surface area contributed by atoms with Crippen LogP contribution in [0.15, 0.2) is 29.0 Å². The molecule has 0 unspecified atom stereocenters. The Hall–Kier alpha value is -1.69. The van der Waals surface area contributed by atoms with Crippen LogP contribution >= 0.6 is 15.9 Å². The molecule has 1 heterocycles. The topological polar surface area (TPSA) is 70.5 Å². The molecule has 1 aromatic rings. The minimum atomic E-state index is -0.920. The highest BCUT2D eigenvalue weighted by atomic mass is 79.9. The number of carbonyl (C=O) groups is 2. The number of amides is 1. The number of aromatic nitrogens is 1. The molecule has 1 aromatic heterocycles. The second kappa shape index (κ2) is 6.90. The highest BCUT2D eigenvalue weighted by Crippen LogP contribution is 2.09. The lowest BCUT2D eigenvalue weighted by Crippen LogP contribution is -2.27. The zero-order chi connectivity index (χ0) is 13.5. The molecule has 0 aliphatic rings. The lowest BCUT2D eigenvalue weighted by molar-refractivity contribution is -0.137. The van der Waals surface area contributed by atoms with Crippen molar-refractivity contribution in [3.8, 4) is 0 Å². The van der Waals surface area contributed by atoms with Gasteiger partial charge >= 0.3 is 5.97 Å². The van der Waals surface area contributed by atoms with Crippen LogP contribution in [-0.4, -0.2) is 40.5 Å². The SMILES string of the molecule is CN(CCC(=O)O)C(=O)/C=C/c1ccnc(Br)c1. The molecule has 18 heavy (non-hydrogen) atoms. The van der Waals surface area contributed by atoms with Gasteiger partial charge in [0.15, 0.2) is 0 Å². The molecule has 0 bridgehead atoms. The Kier molecular flexibility index (Phi) is 5.51. The summed E-state index contributed by atoms with van der Waals surface area (Å²) in [6.07, 6.45) is 4.63. The molecular formula is C12H13BrN2O3. The van der Waals surface area contributed by atoms with Crippen LogP contribution < -0.4 is 0 Å². The van der Waals surface area contributed by atoms with Crippen molar-refractivity contribution < 1.29 is 14.7 Å². The lowest BCUT2D eigenvalue weighted by atomic mass is 10.2. The van der Waals surface area contributed by atoms with Crippen LogP contribution in [0.4, 0.5) is 0 Å². The maximum atomic E-state index is 11.6. The predicted octanol–water partition coefficient (Wildman–Crippen LogP) is 1.79. The van der Waals surface area contributed by atoms with Crippen molar-refractivity contribution in [3.05, 3.63) is 34.6 Å². The van der Waals surface area contributed by atoms with E-state index in [2.05, 4.69) is 20.9 Å². The van der Waals surface area contributed by atoms with Gasteiger partial charge in [-0.2, -0.15) is 0 Å². The normalized spacial score (nSPS) is 10.6. The summed E-state index contributed by atoms with van der Waals surface area (Å²) in [6, 6.07) is 3.55. The number of carbonyl (C=O) groups excluding carboxylic acids is 1. The Morgan fingerprint density at radius 1 is 1.56 bits per heavy atom. The standard InChI is InChI=1S/C12H13BrN2O3/c1-15(7-5-12(17)18)11(16)3-2-9-4-6-14-10(13)8-9/h2-4,6,8H,5,7H2,1H3,(H,17,18)/b3-2+. The number of nitrogens with zero attached hydrogens (tertiary/aromatic N) is 2. The number of carboxylic acids is 1. The van der Waals surface area contributed by atoms with E-state index in [4.69, 9.17) is 5.11 Å². The molecule has 1 rings (SSSR count). The fraction of sp³-hybridized carbons (Fsp3) is 0.250. The van der Waals surface area contributed by atoms with Crippen LogP contribution in [-0.2, 0) is 9.59 Å². The molecular weight excluding hydrogens is 300 g/mol. The monoisotopic (exact) mass is 312 g/mol. The molecule has 0 saturated heterocycles. The molecule has 0 atom stereocenters. The van der Waals surface area contributed by atoms with Gasteiger partial charge in [-0.15, -0.1) is 0 Å². The fourth-order valence-electron chi connectivity index (χ4n) is 1.19. The fourth-order valence-corrected chi connectivity index (χ4v) is 1.57. The molecule has 0 aliphatic heterocycles. The van der Waals surface area contributed by atoms with Gasteiger partial charge in [-0.3, -0.25) is 9.59 Å². The molecule has 0 radical (unpaired) electrons. The Morgan fingerprint density at radius 3 is 2.89 bits per heavy atom. The number of carboxylic acid groups (broad SMARTS) is 1. The first-order valence-corrected chi connectivity index (χ1v) is 6.05. The third kappa shape index (κ3) is 5.09. The second-order valence-electron chi connectivity index (χ2n) is 3.65. The van der Waals surface area contributed by atoms with Crippen LogP contribution in [0, 0.1) is 0 Å². The van der Waals surface area contributed by atoms with Gasteiger partial charge in [0.05, 0.1) is 6.42 Å². The molecule has 0 fully saturated rings. The summed E-state index contributed by atoms with van der Waals surface area (Å²) < 4.78 is 0.691. The summed E-state index contributed by atoms with van der Waals surface area (Å²) >= 11 is 3.23. The van der Waals surface area contributed by atoms with Crippen molar-refractivity contribution >= 4 is 33.9 Å². The summed E-state index contributed by atoms with van der Waals surface area (Å²) in [6.45, 7) is 0.193. The van der Waals surface area contributed by atoms with Gasteiger partial charge in [-0.25, -0.2) is 4.98 Å². The van der Waals surface area contributed by atoms with Gasteiger partial charge in [-0.05, 0) is 39.7 Å². The van der Waals surface area contributed by atoms with E-state index in [0.29, 0.717) is 4.60 Å². The molecule has 1 N–H and O–H groups in total. The van der Waals surface area contributed by atoms with E-state index in [1.54, 1.807) is 31.5 Å². The Labute approximate surface area is 113 Å². The van der Waals surface area contributed by atoms with E-state index in [-0.39, 0.29) is 18.9 Å². The van der Waals surface area contributed by atoms with Gasteiger partial charge in [0.1, 0.15) is 4.60 Å². The zero-order valence-corrected chi connectivity index (χ0v) is 11.4. The smallest absolute Gasteiger partial charge is 0.305 e. The third-order valence-corrected chi connectivity index (χ3v) is 2.64. The van der Waals surface area contributed by atoms with Crippen LogP contribution in [0.5, 0.6) is 0 Å². The van der Waals surface area contributed by atoms with Crippen LogP contribution in [0.3, 0.4) is 0 Å². The highest BCUT2D eigenvalue weighted by molar-refractivity contribution is 9.10. The first-order chi connectivity index (χ1) is 8.49. The second-order valence-corrected chi connectivity index (χ2v) is 4.46. The number of halogens is 1. The number of likely N-dealkylation sites (N-methyl/N-ethyl adjacent to an activating group) is 1. The average molecular weight is 313 g/mol. The first-order valence-electron chi connectivity index (χ1n) is 5.25. The van der Waals surface area contributed by atoms with Crippen LogP contribution in [0.2, 0.25) is 0 Å². The summed E-state index contributed by atoms with van der Waals surface area (Å²) in [7, 11) is 1.57. The van der Waals surface area contributed by atoms with E-state index < -0.39 is 5.97 Å². The largest absolute Gasteiger partial charge is 0.481 e. The van der Waals surface area contributed by atoms with E-state index in [0.717, 1.165) is 5.56 Å². The van der Waals surface area contributed by atoms with Gasteiger partial charge in [0.25, 0.3) is 0 Å². The molecule has 6 heteroatoms. The average Bonchev–Trinajstić information content (AvgIpc) is 2.33. The Balaban J connectivity index is 2.56.